The van der Waals surface area contributed by atoms with Crippen LogP contribution in [0, 0.1) is 3.57 Å². The molecule has 0 bridgehead atoms. The summed E-state index contributed by atoms with van der Waals surface area (Å²) in [7, 11) is 0. The molecule has 0 spiro atoms. The van der Waals surface area contributed by atoms with Crippen LogP contribution in [-0.2, 0) is 0 Å². The molecule has 0 aliphatic carbocycles. The Labute approximate surface area is 157 Å². The molecule has 1 N–H and O–H groups in total. The van der Waals surface area contributed by atoms with Crippen molar-refractivity contribution in [3.8, 4) is 11.5 Å². The first-order valence-electron chi connectivity index (χ1n) is 6.90. The number of amides is 1. The molecule has 4 nitrogen and oxygen atoms in total. The van der Waals surface area contributed by atoms with Gasteiger partial charge < -0.3 is 14.8 Å². The summed E-state index contributed by atoms with van der Waals surface area (Å²) in [6.07, 6.45) is 0.803. The van der Waals surface area contributed by atoms with Crippen LogP contribution in [0.5, 0.6) is 11.5 Å². The number of nitrogens with one attached hydrogen (secondary N) is 1. The molecular formula is C16H12Cl2INO3. The second kappa shape index (κ2) is 7.15. The van der Waals surface area contributed by atoms with Gasteiger partial charge in [-0.3, -0.25) is 4.79 Å². The summed E-state index contributed by atoms with van der Waals surface area (Å²) >= 11 is 14.2. The van der Waals surface area contributed by atoms with E-state index in [0.29, 0.717) is 46.0 Å². The Balaban J connectivity index is 1.87. The normalized spacial score (nSPS) is 13.3. The van der Waals surface area contributed by atoms with E-state index in [0.717, 1.165) is 9.99 Å². The summed E-state index contributed by atoms with van der Waals surface area (Å²) in [6.45, 7) is 1.15. The molecule has 1 aliphatic heterocycles. The quantitative estimate of drug-likeness (QED) is 0.636. The van der Waals surface area contributed by atoms with Crippen molar-refractivity contribution in [2.45, 2.75) is 6.42 Å². The van der Waals surface area contributed by atoms with E-state index in [1.165, 1.54) is 0 Å². The third kappa shape index (κ3) is 3.84. The van der Waals surface area contributed by atoms with E-state index in [1.807, 2.05) is 0 Å². The van der Waals surface area contributed by atoms with Gasteiger partial charge in [0.1, 0.15) is 0 Å². The van der Waals surface area contributed by atoms with E-state index in [1.54, 1.807) is 30.3 Å². The fourth-order valence-electron chi connectivity index (χ4n) is 2.14. The lowest BCUT2D eigenvalue weighted by Crippen LogP contribution is -2.14. The Morgan fingerprint density at radius 1 is 1.09 bits per heavy atom. The molecular weight excluding hydrogens is 452 g/mol. The predicted molar refractivity (Wildman–Crippen MR) is 99.2 cm³/mol. The van der Waals surface area contributed by atoms with Gasteiger partial charge in [0.25, 0.3) is 5.91 Å². The number of fused-ring (bicyclic) bond motifs is 1. The van der Waals surface area contributed by atoms with Crippen molar-refractivity contribution in [3.05, 3.63) is 49.5 Å². The molecule has 0 unspecified atom stereocenters. The van der Waals surface area contributed by atoms with Gasteiger partial charge >= 0.3 is 0 Å². The highest BCUT2D eigenvalue weighted by molar-refractivity contribution is 14.1. The number of carbonyl (C=O) groups excluding carboxylic acids is 1. The van der Waals surface area contributed by atoms with Crippen molar-refractivity contribution >= 4 is 57.4 Å². The van der Waals surface area contributed by atoms with E-state index in [4.69, 9.17) is 32.7 Å². The summed E-state index contributed by atoms with van der Waals surface area (Å²) < 4.78 is 11.9. The van der Waals surface area contributed by atoms with Gasteiger partial charge in [-0.1, -0.05) is 23.2 Å². The minimum Gasteiger partial charge on any atom is -0.490 e. The molecule has 0 fully saturated rings. The van der Waals surface area contributed by atoms with Gasteiger partial charge in [0.2, 0.25) is 0 Å². The lowest BCUT2D eigenvalue weighted by atomic mass is 10.2. The summed E-state index contributed by atoms with van der Waals surface area (Å²) in [6, 6.07) is 8.42. The topological polar surface area (TPSA) is 47.6 Å². The maximum absolute atomic E-state index is 12.4. The van der Waals surface area contributed by atoms with E-state index in [9.17, 15) is 4.79 Å². The first-order chi connectivity index (χ1) is 11.0. The first kappa shape index (κ1) is 16.7. The highest BCUT2D eigenvalue weighted by Crippen LogP contribution is 2.38. The van der Waals surface area contributed by atoms with Crippen LogP contribution in [0.4, 0.5) is 5.69 Å². The van der Waals surface area contributed by atoms with Crippen LogP contribution in [0.15, 0.2) is 30.3 Å². The molecule has 3 rings (SSSR count). The fourth-order valence-corrected chi connectivity index (χ4v) is 3.46. The average Bonchev–Trinajstić information content (AvgIpc) is 2.72. The minimum absolute atomic E-state index is 0.262. The largest absolute Gasteiger partial charge is 0.490 e. The van der Waals surface area contributed by atoms with Gasteiger partial charge in [-0.15, -0.1) is 0 Å². The Bertz CT molecular complexity index is 767. The van der Waals surface area contributed by atoms with E-state index in [-0.39, 0.29) is 5.91 Å². The molecule has 2 aromatic carbocycles. The second-order valence-corrected chi connectivity index (χ2v) is 6.91. The maximum atomic E-state index is 12.4. The first-order valence-corrected chi connectivity index (χ1v) is 8.73. The predicted octanol–water partition coefficient (Wildman–Crippen LogP) is 5.01. The molecule has 2 aromatic rings. The summed E-state index contributed by atoms with van der Waals surface area (Å²) in [5.74, 6) is 0.905. The van der Waals surface area contributed by atoms with Gasteiger partial charge in [0.15, 0.2) is 11.5 Å². The highest BCUT2D eigenvalue weighted by atomic mass is 127. The van der Waals surface area contributed by atoms with Crippen molar-refractivity contribution in [1.82, 2.24) is 0 Å². The van der Waals surface area contributed by atoms with Crippen molar-refractivity contribution in [2.24, 2.45) is 0 Å². The maximum Gasteiger partial charge on any atom is 0.256 e. The zero-order valence-electron chi connectivity index (χ0n) is 11.9. The molecule has 0 aromatic heterocycles. The highest BCUT2D eigenvalue weighted by Gasteiger charge is 2.17. The SMILES string of the molecule is O=C(Nc1cc2c(cc1Cl)OCCCO2)c1ccc(Cl)cc1I. The lowest BCUT2D eigenvalue weighted by molar-refractivity contribution is 0.102. The van der Waals surface area contributed by atoms with Crippen molar-refractivity contribution in [2.75, 3.05) is 18.5 Å². The third-order valence-corrected chi connectivity index (χ3v) is 4.70. The molecule has 1 amide bonds. The second-order valence-electron chi connectivity index (χ2n) is 4.91. The third-order valence-electron chi connectivity index (χ3n) is 3.26. The number of hydrogen-bond acceptors (Lipinski definition) is 3. The van der Waals surface area contributed by atoms with Crippen LogP contribution < -0.4 is 14.8 Å². The van der Waals surface area contributed by atoms with Crippen molar-refractivity contribution < 1.29 is 14.3 Å². The fraction of sp³-hybridized carbons (Fsp3) is 0.188. The average molecular weight is 464 g/mol. The number of carbonyl (C=O) groups is 1. The van der Waals surface area contributed by atoms with E-state index >= 15 is 0 Å². The molecule has 120 valence electrons. The van der Waals surface area contributed by atoms with Crippen LogP contribution in [0.1, 0.15) is 16.8 Å². The van der Waals surface area contributed by atoms with Crippen molar-refractivity contribution in [3.63, 3.8) is 0 Å². The molecule has 7 heteroatoms. The van der Waals surface area contributed by atoms with Gasteiger partial charge in [0.05, 0.1) is 29.5 Å². The molecule has 0 saturated carbocycles. The number of ether oxygens (including phenoxy) is 2. The molecule has 23 heavy (non-hydrogen) atoms. The van der Waals surface area contributed by atoms with Crippen LogP contribution in [0.3, 0.4) is 0 Å². The van der Waals surface area contributed by atoms with Crippen LogP contribution in [-0.4, -0.2) is 19.1 Å². The summed E-state index contributed by atoms with van der Waals surface area (Å²) in [5, 5.41) is 3.78. The van der Waals surface area contributed by atoms with E-state index < -0.39 is 0 Å². The molecule has 1 heterocycles. The molecule has 1 aliphatic rings. The number of halogens is 3. The summed E-state index contributed by atoms with van der Waals surface area (Å²) in [4.78, 5) is 12.4. The molecule has 0 saturated heterocycles. The smallest absolute Gasteiger partial charge is 0.256 e. The Hall–Kier alpha value is -1.18. The number of hydrogen-bond donors (Lipinski definition) is 1. The van der Waals surface area contributed by atoms with Crippen LogP contribution in [0.25, 0.3) is 0 Å². The zero-order valence-corrected chi connectivity index (χ0v) is 15.5. The standard InChI is InChI=1S/C16H12Cl2INO3/c17-9-2-3-10(12(19)6-9)16(21)20-13-8-15-14(7-11(13)18)22-4-1-5-23-15/h2-3,6-8H,1,4-5H2,(H,20,21). The molecule has 0 atom stereocenters. The Kier molecular flexibility index (Phi) is 5.18. The van der Waals surface area contributed by atoms with Gasteiger partial charge in [-0.25, -0.2) is 0 Å². The molecule has 0 radical (unpaired) electrons. The Morgan fingerprint density at radius 3 is 2.48 bits per heavy atom. The van der Waals surface area contributed by atoms with Gasteiger partial charge in [-0.2, -0.15) is 0 Å². The Morgan fingerprint density at radius 2 is 1.78 bits per heavy atom. The zero-order chi connectivity index (χ0) is 16.4. The lowest BCUT2D eigenvalue weighted by Gasteiger charge is -2.13. The monoisotopic (exact) mass is 463 g/mol. The van der Waals surface area contributed by atoms with Gasteiger partial charge in [0, 0.05) is 27.1 Å². The van der Waals surface area contributed by atoms with Gasteiger partial charge in [-0.05, 0) is 40.8 Å². The van der Waals surface area contributed by atoms with E-state index in [2.05, 4.69) is 27.9 Å². The number of anilines is 1. The van der Waals surface area contributed by atoms with Crippen LogP contribution >= 0.6 is 45.8 Å². The van der Waals surface area contributed by atoms with Crippen molar-refractivity contribution in [1.29, 1.82) is 0 Å². The number of rotatable bonds is 2. The summed E-state index contributed by atoms with van der Waals surface area (Å²) in [5.41, 5.74) is 1.00. The number of benzene rings is 2. The minimum atomic E-state index is -0.262. The van der Waals surface area contributed by atoms with Crippen LogP contribution in [0.2, 0.25) is 10.0 Å².